The van der Waals surface area contributed by atoms with Crippen molar-refractivity contribution in [2.45, 2.75) is 46.1 Å². The number of rotatable bonds is 9. The summed E-state index contributed by atoms with van der Waals surface area (Å²) in [5.41, 5.74) is 5.75. The van der Waals surface area contributed by atoms with Crippen LogP contribution in [0.25, 0.3) is 0 Å². The Morgan fingerprint density at radius 3 is 2.42 bits per heavy atom. The fourth-order valence-electron chi connectivity index (χ4n) is 2.77. The van der Waals surface area contributed by atoms with Gasteiger partial charge in [0, 0.05) is 13.5 Å². The zero-order valence-electron chi connectivity index (χ0n) is 18.4. The Morgan fingerprint density at radius 2 is 1.81 bits per heavy atom. The highest BCUT2D eigenvalue weighted by molar-refractivity contribution is 5.85. The second-order valence-electron chi connectivity index (χ2n) is 7.29. The van der Waals surface area contributed by atoms with Crippen molar-refractivity contribution in [2.24, 2.45) is 11.7 Å². The van der Waals surface area contributed by atoms with Gasteiger partial charge in [-0.25, -0.2) is 4.79 Å². The molecule has 1 fully saturated rings. The maximum Gasteiger partial charge on any atom is 0.413 e. The molecule has 0 bridgehead atoms. The number of esters is 1. The van der Waals surface area contributed by atoms with Crippen LogP contribution in [-0.2, 0) is 19.0 Å². The summed E-state index contributed by atoms with van der Waals surface area (Å²) in [5, 5.41) is 0. The fraction of sp³-hybridized carbons (Fsp3) is 0.619. The molecule has 1 heterocycles. The summed E-state index contributed by atoms with van der Waals surface area (Å²) in [7, 11) is 0. The Balaban J connectivity index is 0.00000480. The molecule has 0 aromatic heterocycles. The zero-order chi connectivity index (χ0) is 22.1. The van der Waals surface area contributed by atoms with Crippen LogP contribution in [0, 0.1) is 5.92 Å². The van der Waals surface area contributed by atoms with E-state index in [9.17, 15) is 9.59 Å². The number of morpholine rings is 1. The Hall–Kier alpha value is -2.23. The summed E-state index contributed by atoms with van der Waals surface area (Å²) in [4.78, 5) is 25.8. The standard InChI is InChI=1S/C21H32N2O7.ClH/c1-5-26-17-8-6-7-9-18(17)28-13-16-12-23(10-11-27-16)21(25)30-15(4)29-20(24)19(22)14(2)3;/h6-9,14-16,19H,5,10-13,22H2,1-4H3;1H/t15?,16-,19?;/m0./s1. The second kappa shape index (κ2) is 13.2. The van der Waals surface area contributed by atoms with Crippen molar-refractivity contribution >= 4 is 24.5 Å². The van der Waals surface area contributed by atoms with Crippen molar-refractivity contribution in [3.63, 3.8) is 0 Å². The molecule has 0 saturated carbocycles. The number of halogens is 1. The normalized spacial score (nSPS) is 17.9. The van der Waals surface area contributed by atoms with E-state index in [1.165, 1.54) is 11.8 Å². The fourth-order valence-corrected chi connectivity index (χ4v) is 2.77. The molecule has 1 aliphatic heterocycles. The molecule has 10 heteroatoms. The molecule has 1 aromatic carbocycles. The van der Waals surface area contributed by atoms with Crippen LogP contribution in [0.5, 0.6) is 11.5 Å². The van der Waals surface area contributed by atoms with Gasteiger partial charge in [-0.15, -0.1) is 12.4 Å². The minimum atomic E-state index is -1.04. The van der Waals surface area contributed by atoms with Crippen molar-refractivity contribution in [1.29, 1.82) is 0 Å². The van der Waals surface area contributed by atoms with Crippen molar-refractivity contribution < 1.29 is 33.3 Å². The Kier molecular flexibility index (Phi) is 11.4. The molecule has 1 amide bonds. The van der Waals surface area contributed by atoms with Gasteiger partial charge in [0.2, 0.25) is 6.29 Å². The van der Waals surface area contributed by atoms with Gasteiger partial charge in [-0.3, -0.25) is 4.79 Å². The number of hydrogen-bond donors (Lipinski definition) is 1. The van der Waals surface area contributed by atoms with E-state index in [1.807, 2.05) is 45.0 Å². The maximum absolute atomic E-state index is 12.4. The van der Waals surface area contributed by atoms with Crippen LogP contribution in [0.3, 0.4) is 0 Å². The van der Waals surface area contributed by atoms with Gasteiger partial charge in [-0.05, 0) is 25.0 Å². The average molecular weight is 461 g/mol. The summed E-state index contributed by atoms with van der Waals surface area (Å²) in [5.74, 6) is 0.590. The molecule has 2 N–H and O–H groups in total. The molecule has 0 spiro atoms. The molecule has 1 aromatic rings. The highest BCUT2D eigenvalue weighted by Crippen LogP contribution is 2.26. The lowest BCUT2D eigenvalue weighted by atomic mass is 10.1. The summed E-state index contributed by atoms with van der Waals surface area (Å²) in [6.07, 6.45) is -1.95. The van der Waals surface area contributed by atoms with Crippen molar-refractivity contribution in [2.75, 3.05) is 32.9 Å². The van der Waals surface area contributed by atoms with E-state index in [1.54, 1.807) is 0 Å². The third-order valence-corrected chi connectivity index (χ3v) is 4.51. The lowest BCUT2D eigenvalue weighted by molar-refractivity contribution is -0.169. The van der Waals surface area contributed by atoms with Crippen LogP contribution in [0.2, 0.25) is 0 Å². The first-order valence-corrected chi connectivity index (χ1v) is 10.2. The lowest BCUT2D eigenvalue weighted by Crippen LogP contribution is -2.48. The van der Waals surface area contributed by atoms with Crippen LogP contribution >= 0.6 is 12.4 Å². The monoisotopic (exact) mass is 460 g/mol. The summed E-state index contributed by atoms with van der Waals surface area (Å²) in [6, 6.07) is 6.61. The molecule has 31 heavy (non-hydrogen) atoms. The van der Waals surface area contributed by atoms with Gasteiger partial charge in [0.05, 0.1) is 19.8 Å². The van der Waals surface area contributed by atoms with E-state index in [-0.39, 0.29) is 31.0 Å². The van der Waals surface area contributed by atoms with Crippen molar-refractivity contribution in [1.82, 2.24) is 4.90 Å². The number of hydrogen-bond acceptors (Lipinski definition) is 8. The van der Waals surface area contributed by atoms with Crippen molar-refractivity contribution in [3.8, 4) is 11.5 Å². The van der Waals surface area contributed by atoms with Gasteiger partial charge >= 0.3 is 12.1 Å². The number of carbonyl (C=O) groups is 2. The van der Waals surface area contributed by atoms with Gasteiger partial charge in [0.1, 0.15) is 18.8 Å². The molecule has 0 radical (unpaired) electrons. The van der Waals surface area contributed by atoms with E-state index in [4.69, 9.17) is 29.4 Å². The Bertz CT molecular complexity index is 704. The lowest BCUT2D eigenvalue weighted by Gasteiger charge is -2.32. The first kappa shape index (κ1) is 26.8. The maximum atomic E-state index is 12.4. The topological polar surface area (TPSA) is 110 Å². The molecule has 9 nitrogen and oxygen atoms in total. The first-order valence-electron chi connectivity index (χ1n) is 10.2. The predicted octanol–water partition coefficient (Wildman–Crippen LogP) is 2.60. The van der Waals surface area contributed by atoms with Gasteiger partial charge < -0.3 is 34.3 Å². The van der Waals surface area contributed by atoms with Gasteiger partial charge in [0.25, 0.3) is 0 Å². The van der Waals surface area contributed by atoms with Crippen LogP contribution in [0.1, 0.15) is 27.7 Å². The number of amides is 1. The molecule has 2 unspecified atom stereocenters. The summed E-state index contributed by atoms with van der Waals surface area (Å²) < 4.78 is 27.4. The quantitative estimate of drug-likeness (QED) is 0.442. The zero-order valence-corrected chi connectivity index (χ0v) is 19.3. The van der Waals surface area contributed by atoms with Gasteiger partial charge in [-0.2, -0.15) is 0 Å². The number of nitrogens with zero attached hydrogens (tertiary/aromatic N) is 1. The number of nitrogens with two attached hydrogens (primary N) is 1. The minimum Gasteiger partial charge on any atom is -0.490 e. The summed E-state index contributed by atoms with van der Waals surface area (Å²) >= 11 is 0. The second-order valence-corrected chi connectivity index (χ2v) is 7.29. The predicted molar refractivity (Wildman–Crippen MR) is 117 cm³/mol. The molecular weight excluding hydrogens is 428 g/mol. The molecule has 3 atom stereocenters. The van der Waals surface area contributed by atoms with E-state index in [2.05, 4.69) is 0 Å². The van der Waals surface area contributed by atoms with Crippen LogP contribution < -0.4 is 15.2 Å². The number of benzene rings is 1. The SMILES string of the molecule is CCOc1ccccc1OC[C@@H]1CN(C(=O)OC(C)OC(=O)C(N)C(C)C)CCO1.Cl. The molecule has 1 aliphatic rings. The van der Waals surface area contributed by atoms with Crippen molar-refractivity contribution in [3.05, 3.63) is 24.3 Å². The highest BCUT2D eigenvalue weighted by atomic mass is 35.5. The van der Waals surface area contributed by atoms with Gasteiger partial charge in [0.15, 0.2) is 11.5 Å². The molecular formula is C21H33ClN2O7. The van der Waals surface area contributed by atoms with E-state index in [0.717, 1.165) is 0 Å². The third-order valence-electron chi connectivity index (χ3n) is 4.51. The minimum absolute atomic E-state index is 0. The number of ether oxygens (including phenoxy) is 5. The number of carbonyl (C=O) groups excluding carboxylic acids is 2. The van der Waals surface area contributed by atoms with E-state index < -0.39 is 24.4 Å². The molecule has 0 aliphatic carbocycles. The molecule has 1 saturated heterocycles. The average Bonchev–Trinajstić information content (AvgIpc) is 2.72. The largest absolute Gasteiger partial charge is 0.490 e. The highest BCUT2D eigenvalue weighted by Gasteiger charge is 2.28. The third kappa shape index (κ3) is 8.43. The Labute approximate surface area is 189 Å². The Morgan fingerprint density at radius 1 is 1.16 bits per heavy atom. The molecule has 2 rings (SSSR count). The smallest absolute Gasteiger partial charge is 0.413 e. The summed E-state index contributed by atoms with van der Waals surface area (Å²) in [6.45, 7) is 8.80. The number of para-hydroxylation sites is 2. The van der Waals surface area contributed by atoms with Gasteiger partial charge in [-0.1, -0.05) is 26.0 Å². The van der Waals surface area contributed by atoms with Crippen LogP contribution in [0.15, 0.2) is 24.3 Å². The first-order chi connectivity index (χ1) is 14.3. The van der Waals surface area contributed by atoms with Crippen LogP contribution in [-0.4, -0.2) is 68.3 Å². The van der Waals surface area contributed by atoms with E-state index in [0.29, 0.717) is 37.8 Å². The van der Waals surface area contributed by atoms with Crippen LogP contribution in [0.4, 0.5) is 4.79 Å². The molecule has 176 valence electrons. The van der Waals surface area contributed by atoms with E-state index >= 15 is 0 Å².